The molecule has 2 aliphatic rings. The van der Waals surface area contributed by atoms with Gasteiger partial charge >= 0.3 is 5.97 Å². The molecule has 2 aliphatic heterocycles. The average molecular weight is 618 g/mol. The molecule has 9 N–H and O–H groups in total. The topological polar surface area (TPSA) is 271 Å². The summed E-state index contributed by atoms with van der Waals surface area (Å²) in [4.78, 5) is 55.3. The maximum Gasteiger partial charge on any atom is 0.326 e. The number of nitrogens with one attached hydrogen (secondary N) is 4. The van der Waals surface area contributed by atoms with Crippen molar-refractivity contribution < 1.29 is 63.7 Å². The number of aromatic amines is 1. The maximum atomic E-state index is 13.0. The second kappa shape index (κ2) is 15.5. The highest BCUT2D eigenvalue weighted by molar-refractivity contribution is 5.85. The molecule has 5 unspecified atom stereocenters. The van der Waals surface area contributed by atoms with Gasteiger partial charge in [0.1, 0.15) is 42.7 Å². The monoisotopic (exact) mass is 617 g/mol. The molecule has 1 aromatic rings. The van der Waals surface area contributed by atoms with Crippen LogP contribution in [-0.4, -0.2) is 147 Å². The largest absolute Gasteiger partial charge is 0.480 e. The number of nitrogens with zero attached hydrogens (tertiary/aromatic N) is 1. The molecule has 0 bridgehead atoms. The molecule has 2 fully saturated rings. The number of imidazole rings is 1. The number of rotatable bonds is 13. The Bertz CT molecular complexity index is 1090. The number of amides is 3. The van der Waals surface area contributed by atoms with E-state index < -0.39 is 97.5 Å². The summed E-state index contributed by atoms with van der Waals surface area (Å²) in [5.74, 6) is -3.26. The molecule has 11 atom stereocenters. The quantitative estimate of drug-likeness (QED) is 0.101. The first-order valence-corrected chi connectivity index (χ1v) is 13.6. The van der Waals surface area contributed by atoms with E-state index in [2.05, 4.69) is 25.9 Å². The Kier molecular flexibility index (Phi) is 12.3. The summed E-state index contributed by atoms with van der Waals surface area (Å²) in [6.45, 7) is 1.97. The highest BCUT2D eigenvalue weighted by atomic mass is 16.7. The molecule has 0 aliphatic carbocycles. The highest BCUT2D eigenvalue weighted by Gasteiger charge is 2.52. The van der Waals surface area contributed by atoms with Crippen LogP contribution in [0.5, 0.6) is 0 Å². The summed E-state index contributed by atoms with van der Waals surface area (Å²) < 4.78 is 22.2. The van der Waals surface area contributed by atoms with Crippen molar-refractivity contribution in [1.82, 2.24) is 25.9 Å². The van der Waals surface area contributed by atoms with Crippen molar-refractivity contribution in [2.24, 2.45) is 0 Å². The zero-order valence-electron chi connectivity index (χ0n) is 23.8. The van der Waals surface area contributed by atoms with Gasteiger partial charge in [0.15, 0.2) is 12.4 Å². The Labute approximate surface area is 246 Å². The Morgan fingerprint density at radius 3 is 2.42 bits per heavy atom. The van der Waals surface area contributed by atoms with Crippen LogP contribution in [-0.2, 0) is 44.5 Å². The van der Waals surface area contributed by atoms with Gasteiger partial charge in [-0.25, -0.2) is 9.78 Å². The molecule has 0 saturated carbocycles. The third kappa shape index (κ3) is 8.67. The van der Waals surface area contributed by atoms with E-state index in [4.69, 9.17) is 18.9 Å². The van der Waals surface area contributed by atoms with Crippen molar-refractivity contribution in [2.75, 3.05) is 20.3 Å². The molecule has 3 heterocycles. The molecule has 3 amide bonds. The predicted octanol–water partition coefficient (Wildman–Crippen LogP) is -4.48. The van der Waals surface area contributed by atoms with Gasteiger partial charge in [-0.15, -0.1) is 0 Å². The van der Waals surface area contributed by atoms with Gasteiger partial charge < -0.3 is 65.4 Å². The number of aliphatic hydroxyl groups excluding tert-OH is 4. The molecular formula is C25H39N5O13. The fourth-order valence-electron chi connectivity index (χ4n) is 4.94. The van der Waals surface area contributed by atoms with Crippen molar-refractivity contribution in [3.63, 3.8) is 0 Å². The average Bonchev–Trinajstić information content (AvgIpc) is 3.47. The summed E-state index contributed by atoms with van der Waals surface area (Å²) in [6.07, 6.45) is -10.3. The first-order chi connectivity index (χ1) is 20.4. The minimum Gasteiger partial charge on any atom is -0.480 e. The van der Waals surface area contributed by atoms with E-state index in [9.17, 15) is 44.7 Å². The van der Waals surface area contributed by atoms with Crippen LogP contribution >= 0.6 is 0 Å². The zero-order chi connectivity index (χ0) is 31.8. The van der Waals surface area contributed by atoms with Crippen molar-refractivity contribution in [3.05, 3.63) is 18.2 Å². The number of aliphatic hydroxyl groups is 4. The number of hydrogen-bond acceptors (Lipinski definition) is 13. The van der Waals surface area contributed by atoms with Crippen molar-refractivity contribution in [1.29, 1.82) is 0 Å². The normalized spacial score (nSPS) is 33.3. The van der Waals surface area contributed by atoms with E-state index in [-0.39, 0.29) is 19.4 Å². The predicted molar refractivity (Wildman–Crippen MR) is 141 cm³/mol. The molecule has 1 aromatic heterocycles. The first kappa shape index (κ1) is 34.3. The van der Waals surface area contributed by atoms with Gasteiger partial charge in [-0.1, -0.05) is 0 Å². The van der Waals surface area contributed by atoms with E-state index in [1.54, 1.807) is 6.92 Å². The molecule has 18 heteroatoms. The molecule has 2 saturated heterocycles. The van der Waals surface area contributed by atoms with E-state index in [0.29, 0.717) is 5.69 Å². The smallest absolute Gasteiger partial charge is 0.326 e. The van der Waals surface area contributed by atoms with Gasteiger partial charge in [-0.3, -0.25) is 14.4 Å². The summed E-state index contributed by atoms with van der Waals surface area (Å²) in [5, 5.41) is 58.6. The van der Waals surface area contributed by atoms with E-state index >= 15 is 0 Å². The number of aliphatic carboxylic acids is 1. The summed E-state index contributed by atoms with van der Waals surface area (Å²) in [6, 6.07) is -2.20. The Balaban J connectivity index is 1.64. The summed E-state index contributed by atoms with van der Waals surface area (Å²) in [7, 11) is 1.17. The third-order valence-corrected chi connectivity index (χ3v) is 7.15. The second-order valence-corrected chi connectivity index (χ2v) is 10.3. The van der Waals surface area contributed by atoms with Crippen LogP contribution in [0.2, 0.25) is 0 Å². The lowest BCUT2D eigenvalue weighted by Crippen LogP contribution is -2.68. The maximum absolute atomic E-state index is 13.0. The standard InChI is InChI=1S/C25H39N5O13/c1-10-16(29-11(2)32)20(17(34)14(8-31)41-10)42-25-19(36)18(35)21(40-3)22(43-25)23(37)27-5-4-15(33)30-13(24(38)39)6-12-7-26-9-28-12/h7,9-10,13-14,16-22,25,31,34-36H,4-6,8H2,1-3H3,(H,26,28)(H,27,37)(H,29,32)(H,30,33)(H,38,39)/t10-,13?,14?,16?,17+,18+,19-,20+,21-,22?,25?/m0/s1. The number of H-pyrrole nitrogens is 1. The number of ether oxygens (including phenoxy) is 4. The molecule has 0 radical (unpaired) electrons. The molecule has 43 heavy (non-hydrogen) atoms. The van der Waals surface area contributed by atoms with Crippen LogP contribution < -0.4 is 16.0 Å². The number of carboxylic acid groups (broad SMARTS) is 1. The lowest BCUT2D eigenvalue weighted by molar-refractivity contribution is -0.325. The number of carbonyl (C=O) groups is 4. The van der Waals surface area contributed by atoms with Crippen LogP contribution in [0, 0.1) is 0 Å². The molecular weight excluding hydrogens is 578 g/mol. The SMILES string of the molecule is CO[C@@H]1C(C(=O)NCCC(=O)NC(Cc2cnc[nH]2)C(=O)O)OC(O[C@@H]2C(NC(C)=O)[C@H](C)OC(CO)[C@H]2O)[C@@H](O)[C@H]1O. The van der Waals surface area contributed by atoms with E-state index in [1.165, 1.54) is 26.6 Å². The zero-order valence-corrected chi connectivity index (χ0v) is 23.8. The number of hydrogen-bond donors (Lipinski definition) is 9. The van der Waals surface area contributed by atoms with Gasteiger partial charge in [-0.2, -0.15) is 0 Å². The van der Waals surface area contributed by atoms with Gasteiger partial charge in [-0.05, 0) is 6.92 Å². The number of carboxylic acids is 1. The fourth-order valence-corrected chi connectivity index (χ4v) is 4.94. The van der Waals surface area contributed by atoms with Gasteiger partial charge in [0.25, 0.3) is 5.91 Å². The van der Waals surface area contributed by atoms with Gasteiger partial charge in [0.05, 0.1) is 25.1 Å². The van der Waals surface area contributed by atoms with Crippen LogP contribution in [0.15, 0.2) is 12.5 Å². The molecule has 3 rings (SSSR count). The van der Waals surface area contributed by atoms with Crippen molar-refractivity contribution in [3.8, 4) is 0 Å². The second-order valence-electron chi connectivity index (χ2n) is 10.3. The number of aromatic nitrogens is 2. The molecule has 0 spiro atoms. The van der Waals surface area contributed by atoms with Crippen LogP contribution in [0.25, 0.3) is 0 Å². The highest BCUT2D eigenvalue weighted by Crippen LogP contribution is 2.30. The van der Waals surface area contributed by atoms with Crippen molar-refractivity contribution in [2.45, 2.75) is 93.9 Å². The van der Waals surface area contributed by atoms with Crippen LogP contribution in [0.1, 0.15) is 26.0 Å². The summed E-state index contributed by atoms with van der Waals surface area (Å²) >= 11 is 0. The van der Waals surface area contributed by atoms with E-state index in [0.717, 1.165) is 0 Å². The minimum absolute atomic E-state index is 0.0388. The Hall–Kier alpha value is -3.23. The molecule has 18 nitrogen and oxygen atoms in total. The van der Waals surface area contributed by atoms with Crippen molar-refractivity contribution >= 4 is 23.7 Å². The first-order valence-electron chi connectivity index (χ1n) is 13.6. The van der Waals surface area contributed by atoms with Crippen LogP contribution in [0.4, 0.5) is 0 Å². The lowest BCUT2D eigenvalue weighted by Gasteiger charge is -2.47. The number of methoxy groups -OCH3 is 1. The van der Waals surface area contributed by atoms with Gasteiger partial charge in [0, 0.05) is 45.3 Å². The lowest BCUT2D eigenvalue weighted by atomic mass is 9.92. The minimum atomic E-state index is -1.77. The molecule has 0 aromatic carbocycles. The molecule has 242 valence electrons. The Morgan fingerprint density at radius 1 is 1.12 bits per heavy atom. The fraction of sp³-hybridized carbons (Fsp3) is 0.720. The third-order valence-electron chi connectivity index (χ3n) is 7.15. The Morgan fingerprint density at radius 2 is 1.84 bits per heavy atom. The van der Waals surface area contributed by atoms with Gasteiger partial charge in [0.2, 0.25) is 11.8 Å². The van der Waals surface area contributed by atoms with Crippen LogP contribution in [0.3, 0.4) is 0 Å². The summed E-state index contributed by atoms with van der Waals surface area (Å²) in [5.41, 5.74) is 0.497. The van der Waals surface area contributed by atoms with E-state index in [1.807, 2.05) is 0 Å². The number of carbonyl (C=O) groups excluding carboxylic acids is 3.